The number of aliphatic hydroxyl groups excluding tert-OH is 2. The Labute approximate surface area is 208 Å². The maximum atomic E-state index is 12.7. The molecular weight excluding hydrogens is 458 g/mol. The van der Waals surface area contributed by atoms with E-state index in [-0.39, 0.29) is 17.8 Å². The summed E-state index contributed by atoms with van der Waals surface area (Å²) in [7, 11) is 1.69. The van der Waals surface area contributed by atoms with Gasteiger partial charge in [0.15, 0.2) is 0 Å². The molecule has 9 nitrogen and oxygen atoms in total. The van der Waals surface area contributed by atoms with E-state index in [0.717, 1.165) is 30.6 Å². The fourth-order valence-electron chi connectivity index (χ4n) is 4.52. The third-order valence-corrected chi connectivity index (χ3v) is 6.69. The summed E-state index contributed by atoms with van der Waals surface area (Å²) in [6.07, 6.45) is 3.94. The largest absolute Gasteiger partial charge is 0.389 e. The predicted octanol–water partition coefficient (Wildman–Crippen LogP) is 1.21. The minimum Gasteiger partial charge on any atom is -0.389 e. The van der Waals surface area contributed by atoms with E-state index >= 15 is 0 Å². The van der Waals surface area contributed by atoms with Crippen molar-refractivity contribution in [2.24, 2.45) is 7.05 Å². The van der Waals surface area contributed by atoms with Crippen LogP contribution in [0.4, 0.5) is 0 Å². The van der Waals surface area contributed by atoms with E-state index in [1.54, 1.807) is 36.0 Å². The van der Waals surface area contributed by atoms with E-state index in [4.69, 9.17) is 0 Å². The molecule has 186 valence electrons. The van der Waals surface area contributed by atoms with E-state index < -0.39 is 18.1 Å². The van der Waals surface area contributed by atoms with Gasteiger partial charge in [-0.1, -0.05) is 24.3 Å². The first kappa shape index (κ1) is 23.9. The quantitative estimate of drug-likeness (QED) is 0.361. The van der Waals surface area contributed by atoms with Gasteiger partial charge >= 0.3 is 0 Å². The number of nitrogens with zero attached hydrogens (tertiary/aromatic N) is 4. The number of rotatable bonds is 7. The molecule has 0 saturated carbocycles. The lowest BCUT2D eigenvalue weighted by Crippen LogP contribution is -2.45. The Morgan fingerprint density at radius 3 is 2.67 bits per heavy atom. The van der Waals surface area contributed by atoms with Crippen LogP contribution in [0.15, 0.2) is 71.9 Å². The van der Waals surface area contributed by atoms with E-state index in [1.165, 1.54) is 15.7 Å². The van der Waals surface area contributed by atoms with Gasteiger partial charge < -0.3 is 24.5 Å². The number of β-amino-alcohol motifs (C(OH)–C–C–N with tert-alkyl or cyclic N) is 1. The van der Waals surface area contributed by atoms with Crippen LogP contribution in [0.1, 0.15) is 21.6 Å². The molecule has 0 bridgehead atoms. The van der Waals surface area contributed by atoms with E-state index in [0.29, 0.717) is 12.2 Å². The third kappa shape index (κ3) is 5.08. The normalized spacial score (nSPS) is 15.4. The fourth-order valence-corrected chi connectivity index (χ4v) is 4.52. The van der Waals surface area contributed by atoms with Crippen molar-refractivity contribution in [2.45, 2.75) is 25.2 Å². The van der Waals surface area contributed by atoms with Crippen LogP contribution in [0.25, 0.3) is 16.8 Å². The molecule has 4 heterocycles. The number of carbonyl (C=O) groups is 1. The Bertz CT molecular complexity index is 1460. The molecule has 2 atom stereocenters. The molecule has 4 aromatic rings. The number of carbonyl (C=O) groups excluding carboxylic acids is 1. The Morgan fingerprint density at radius 2 is 1.86 bits per heavy atom. The third-order valence-electron chi connectivity index (χ3n) is 6.69. The second-order valence-corrected chi connectivity index (χ2v) is 9.27. The summed E-state index contributed by atoms with van der Waals surface area (Å²) in [5.74, 6) is -0.438. The minimum atomic E-state index is -1.10. The van der Waals surface area contributed by atoms with Crippen LogP contribution in [0.3, 0.4) is 0 Å². The highest BCUT2D eigenvalue weighted by atomic mass is 16.3. The van der Waals surface area contributed by atoms with Crippen LogP contribution in [-0.4, -0.2) is 66.8 Å². The lowest BCUT2D eigenvalue weighted by Gasteiger charge is -2.31. The number of imidazole rings is 1. The first-order valence-corrected chi connectivity index (χ1v) is 12.0. The molecule has 0 radical (unpaired) electrons. The van der Waals surface area contributed by atoms with Crippen LogP contribution in [0.5, 0.6) is 0 Å². The summed E-state index contributed by atoms with van der Waals surface area (Å²) >= 11 is 0. The van der Waals surface area contributed by atoms with E-state index in [1.807, 2.05) is 30.5 Å². The zero-order valence-electron chi connectivity index (χ0n) is 20.0. The number of hydrogen-bond donors (Lipinski definition) is 3. The Hall–Kier alpha value is -3.79. The highest BCUT2D eigenvalue weighted by Crippen LogP contribution is 2.20. The highest BCUT2D eigenvalue weighted by molar-refractivity contribution is 5.93. The Morgan fingerprint density at radius 1 is 1.06 bits per heavy atom. The summed E-state index contributed by atoms with van der Waals surface area (Å²) in [4.78, 5) is 31.1. The molecule has 5 rings (SSSR count). The maximum Gasteiger partial charge on any atom is 0.271 e. The van der Waals surface area contributed by atoms with Crippen molar-refractivity contribution in [2.75, 3.05) is 19.6 Å². The van der Waals surface area contributed by atoms with Gasteiger partial charge in [-0.05, 0) is 46.9 Å². The van der Waals surface area contributed by atoms with Gasteiger partial charge in [-0.2, -0.15) is 0 Å². The van der Waals surface area contributed by atoms with Crippen molar-refractivity contribution in [3.63, 3.8) is 0 Å². The Kier molecular flexibility index (Phi) is 6.69. The van der Waals surface area contributed by atoms with E-state index in [2.05, 4.69) is 27.3 Å². The van der Waals surface area contributed by atoms with Crippen molar-refractivity contribution >= 4 is 11.6 Å². The Balaban J connectivity index is 1.18. The number of pyridine rings is 2. The summed E-state index contributed by atoms with van der Waals surface area (Å²) in [6.45, 7) is 1.78. The van der Waals surface area contributed by atoms with Crippen molar-refractivity contribution in [1.82, 2.24) is 24.2 Å². The minimum absolute atomic E-state index is 0.0864. The molecule has 0 aliphatic carbocycles. The molecule has 3 N–H and O–H groups in total. The molecule has 0 spiro atoms. The monoisotopic (exact) mass is 487 g/mol. The van der Waals surface area contributed by atoms with E-state index in [9.17, 15) is 19.8 Å². The number of aromatic nitrogens is 3. The summed E-state index contributed by atoms with van der Waals surface area (Å²) in [5, 5.41) is 23.6. The van der Waals surface area contributed by atoms with Crippen LogP contribution in [-0.2, 0) is 20.0 Å². The number of benzene rings is 1. The second-order valence-electron chi connectivity index (χ2n) is 9.27. The standard InChI is InChI=1S/C27H29N5O4/c1-30-10-8-19(12-26(30)35)21-6-7-25-29-22(16-32(25)15-21)27(36)28-13-23(33)24(34)17-31-11-9-18-4-2-3-5-20(18)14-31/h2-8,10,12,15-16,23-24,33-34H,9,11,13-14,17H2,1H3,(H,28,36). The molecule has 1 aromatic carbocycles. The predicted molar refractivity (Wildman–Crippen MR) is 136 cm³/mol. The van der Waals surface area contributed by atoms with Crippen molar-refractivity contribution in [1.29, 1.82) is 0 Å². The highest BCUT2D eigenvalue weighted by Gasteiger charge is 2.23. The van der Waals surface area contributed by atoms with Crippen molar-refractivity contribution < 1.29 is 15.0 Å². The van der Waals surface area contributed by atoms with Crippen LogP contribution in [0.2, 0.25) is 0 Å². The molecule has 0 fully saturated rings. The van der Waals surface area contributed by atoms with Gasteiger partial charge in [0, 0.05) is 57.9 Å². The number of fused-ring (bicyclic) bond motifs is 2. The van der Waals surface area contributed by atoms with Gasteiger partial charge in [-0.3, -0.25) is 14.5 Å². The average Bonchev–Trinajstić information content (AvgIpc) is 3.32. The van der Waals surface area contributed by atoms with Crippen molar-refractivity contribution in [3.05, 3.63) is 94.3 Å². The number of aryl methyl sites for hydroxylation is 1. The average molecular weight is 488 g/mol. The topological polar surface area (TPSA) is 112 Å². The van der Waals surface area contributed by atoms with Crippen LogP contribution in [0, 0.1) is 0 Å². The second kappa shape index (κ2) is 10.1. The fraction of sp³-hybridized carbons (Fsp3) is 0.296. The molecule has 2 unspecified atom stereocenters. The molecule has 1 amide bonds. The molecule has 1 aliphatic rings. The zero-order chi connectivity index (χ0) is 25.2. The lowest BCUT2D eigenvalue weighted by molar-refractivity contribution is -0.00343. The summed E-state index contributed by atoms with van der Waals surface area (Å²) in [5.41, 5.74) is 4.83. The zero-order valence-corrected chi connectivity index (χ0v) is 20.0. The summed E-state index contributed by atoms with van der Waals surface area (Å²) in [6, 6.07) is 15.3. The smallest absolute Gasteiger partial charge is 0.271 e. The van der Waals surface area contributed by atoms with Gasteiger partial charge in [0.1, 0.15) is 11.3 Å². The van der Waals surface area contributed by atoms with Gasteiger partial charge in [0.2, 0.25) is 0 Å². The van der Waals surface area contributed by atoms with Gasteiger partial charge in [0.25, 0.3) is 11.5 Å². The first-order chi connectivity index (χ1) is 17.4. The molecule has 36 heavy (non-hydrogen) atoms. The number of hydrogen-bond acceptors (Lipinski definition) is 6. The van der Waals surface area contributed by atoms with Crippen LogP contribution >= 0.6 is 0 Å². The maximum absolute atomic E-state index is 12.7. The molecule has 0 saturated heterocycles. The molecule has 9 heteroatoms. The molecule has 1 aliphatic heterocycles. The van der Waals surface area contributed by atoms with Gasteiger partial charge in [-0.15, -0.1) is 0 Å². The number of amides is 1. The van der Waals surface area contributed by atoms with Crippen LogP contribution < -0.4 is 10.9 Å². The number of aliphatic hydroxyl groups is 2. The van der Waals surface area contributed by atoms with Gasteiger partial charge in [0.05, 0.1) is 12.2 Å². The number of nitrogens with one attached hydrogen (secondary N) is 1. The van der Waals surface area contributed by atoms with Gasteiger partial charge in [-0.25, -0.2) is 4.98 Å². The molecular formula is C27H29N5O4. The molecule has 3 aromatic heterocycles. The summed E-state index contributed by atoms with van der Waals surface area (Å²) < 4.78 is 3.22. The van der Waals surface area contributed by atoms with Crippen molar-refractivity contribution in [3.8, 4) is 11.1 Å². The SMILES string of the molecule is Cn1ccc(-c2ccc3nc(C(=O)NCC(O)C(O)CN4CCc5ccccc5C4)cn3c2)cc1=O. The lowest BCUT2D eigenvalue weighted by atomic mass is 9.99. The first-order valence-electron chi connectivity index (χ1n) is 12.0.